The molecule has 2 aliphatic heterocycles. The van der Waals surface area contributed by atoms with Crippen LogP contribution in [0.1, 0.15) is 44.9 Å². The Hall–Kier alpha value is -0.810. The van der Waals surface area contributed by atoms with Crippen molar-refractivity contribution >= 4 is 24.2 Å². The lowest BCUT2D eigenvalue weighted by Gasteiger charge is -2.33. The topological polar surface area (TPSA) is 52.7 Å². The molecule has 1 saturated carbocycles. The molecule has 5 nitrogen and oxygen atoms in total. The van der Waals surface area contributed by atoms with Crippen LogP contribution in [0.15, 0.2) is 0 Å². The maximum absolute atomic E-state index is 12.6. The molecule has 1 unspecified atom stereocenters. The summed E-state index contributed by atoms with van der Waals surface area (Å²) >= 11 is 0. The van der Waals surface area contributed by atoms with E-state index in [4.69, 9.17) is 0 Å². The number of carbonyl (C=O) groups is 2. The summed E-state index contributed by atoms with van der Waals surface area (Å²) in [5, 5.41) is 3.28. The van der Waals surface area contributed by atoms with E-state index in [2.05, 4.69) is 5.32 Å². The Bertz CT molecular complexity index is 404. The van der Waals surface area contributed by atoms with Crippen LogP contribution in [0.4, 0.5) is 0 Å². The average Bonchev–Trinajstić information content (AvgIpc) is 3.15. The number of carbonyl (C=O) groups excluding carboxylic acids is 2. The van der Waals surface area contributed by atoms with Crippen LogP contribution in [0.25, 0.3) is 0 Å². The van der Waals surface area contributed by atoms with Crippen LogP contribution < -0.4 is 5.32 Å². The van der Waals surface area contributed by atoms with Gasteiger partial charge in [-0.25, -0.2) is 0 Å². The molecule has 0 aromatic rings. The highest BCUT2D eigenvalue weighted by atomic mass is 35.5. The van der Waals surface area contributed by atoms with Crippen molar-refractivity contribution in [2.45, 2.75) is 57.0 Å². The molecule has 2 heterocycles. The Labute approximate surface area is 139 Å². The second-order valence-corrected chi connectivity index (χ2v) is 6.77. The molecule has 0 radical (unpaired) electrons. The molecule has 0 spiro atoms. The number of rotatable bonds is 3. The predicted molar refractivity (Wildman–Crippen MR) is 88.0 cm³/mol. The number of halogens is 1. The minimum atomic E-state index is -0.0933. The summed E-state index contributed by atoms with van der Waals surface area (Å²) in [5.41, 5.74) is 0. The lowest BCUT2D eigenvalue weighted by atomic mass is 10.0. The van der Waals surface area contributed by atoms with Crippen molar-refractivity contribution in [3.05, 3.63) is 0 Å². The zero-order chi connectivity index (χ0) is 14.8. The third-order valence-electron chi connectivity index (χ3n) is 5.49. The number of likely N-dealkylation sites (tertiary alicyclic amines) is 2. The van der Waals surface area contributed by atoms with Crippen molar-refractivity contribution < 1.29 is 9.59 Å². The van der Waals surface area contributed by atoms with Gasteiger partial charge in [-0.05, 0) is 32.7 Å². The van der Waals surface area contributed by atoms with Gasteiger partial charge in [-0.3, -0.25) is 9.59 Å². The van der Waals surface area contributed by atoms with Crippen LogP contribution >= 0.6 is 12.4 Å². The standard InChI is InChI=1S/C16H27N3O2.ClH/c1-17-13-6-8-18(9-7-13)16(21)12-10-15(20)19(11-12)14-4-2-3-5-14;/h12-14,17H,2-11H2,1H3;1H. The summed E-state index contributed by atoms with van der Waals surface area (Å²) in [5.74, 6) is 0.313. The fourth-order valence-corrected chi connectivity index (χ4v) is 4.11. The number of amides is 2. The van der Waals surface area contributed by atoms with Gasteiger partial charge in [0.1, 0.15) is 0 Å². The lowest BCUT2D eigenvalue weighted by molar-refractivity contribution is -0.136. The van der Waals surface area contributed by atoms with Crippen LogP contribution in [-0.4, -0.2) is 60.4 Å². The Morgan fingerprint density at radius 3 is 2.36 bits per heavy atom. The van der Waals surface area contributed by atoms with Crippen LogP contribution in [0.2, 0.25) is 0 Å². The van der Waals surface area contributed by atoms with E-state index in [0.717, 1.165) is 38.8 Å². The van der Waals surface area contributed by atoms with Crippen LogP contribution in [0, 0.1) is 5.92 Å². The maximum Gasteiger partial charge on any atom is 0.227 e. The third kappa shape index (κ3) is 3.57. The summed E-state index contributed by atoms with van der Waals surface area (Å²) in [4.78, 5) is 28.8. The quantitative estimate of drug-likeness (QED) is 0.851. The highest BCUT2D eigenvalue weighted by Crippen LogP contribution is 2.30. The summed E-state index contributed by atoms with van der Waals surface area (Å²) < 4.78 is 0. The van der Waals surface area contributed by atoms with E-state index < -0.39 is 0 Å². The average molecular weight is 330 g/mol. The highest BCUT2D eigenvalue weighted by Gasteiger charge is 2.40. The zero-order valence-corrected chi connectivity index (χ0v) is 14.2. The number of hydrogen-bond acceptors (Lipinski definition) is 3. The Balaban J connectivity index is 0.00000176. The second-order valence-electron chi connectivity index (χ2n) is 6.77. The molecular weight excluding hydrogens is 302 g/mol. The molecule has 2 saturated heterocycles. The minimum Gasteiger partial charge on any atom is -0.342 e. The van der Waals surface area contributed by atoms with Gasteiger partial charge < -0.3 is 15.1 Å². The predicted octanol–water partition coefficient (Wildman–Crippen LogP) is 1.41. The van der Waals surface area contributed by atoms with Crippen molar-refractivity contribution in [2.75, 3.05) is 26.7 Å². The van der Waals surface area contributed by atoms with Gasteiger partial charge in [0.2, 0.25) is 11.8 Å². The first-order chi connectivity index (χ1) is 10.2. The van der Waals surface area contributed by atoms with E-state index >= 15 is 0 Å². The van der Waals surface area contributed by atoms with Crippen LogP contribution in [-0.2, 0) is 9.59 Å². The lowest BCUT2D eigenvalue weighted by Crippen LogP contribution is -2.46. The Morgan fingerprint density at radius 1 is 1.14 bits per heavy atom. The molecule has 126 valence electrons. The zero-order valence-electron chi connectivity index (χ0n) is 13.4. The molecule has 3 aliphatic rings. The van der Waals surface area contributed by atoms with Crippen molar-refractivity contribution in [1.29, 1.82) is 0 Å². The number of hydrogen-bond donors (Lipinski definition) is 1. The highest BCUT2D eigenvalue weighted by molar-refractivity contribution is 5.89. The molecule has 3 fully saturated rings. The first kappa shape index (κ1) is 17.5. The minimum absolute atomic E-state index is 0. The van der Waals surface area contributed by atoms with E-state index in [9.17, 15) is 9.59 Å². The van der Waals surface area contributed by atoms with Crippen molar-refractivity contribution in [2.24, 2.45) is 5.92 Å². The molecule has 0 bridgehead atoms. The molecule has 3 rings (SSSR count). The van der Waals surface area contributed by atoms with Gasteiger partial charge in [0.25, 0.3) is 0 Å². The van der Waals surface area contributed by atoms with E-state index in [1.807, 2.05) is 16.8 Å². The Kier molecular flexibility index (Phi) is 6.09. The normalized spacial score (nSPS) is 27.3. The first-order valence-corrected chi connectivity index (χ1v) is 8.44. The van der Waals surface area contributed by atoms with Gasteiger partial charge in [-0.1, -0.05) is 12.8 Å². The van der Waals surface area contributed by atoms with Crippen LogP contribution in [0.5, 0.6) is 0 Å². The molecule has 1 aliphatic carbocycles. The summed E-state index contributed by atoms with van der Waals surface area (Å²) in [6.07, 6.45) is 7.18. The molecule has 2 amide bonds. The van der Waals surface area contributed by atoms with Gasteiger partial charge in [0, 0.05) is 38.1 Å². The Morgan fingerprint density at radius 2 is 1.77 bits per heavy atom. The van der Waals surface area contributed by atoms with E-state index in [1.165, 1.54) is 12.8 Å². The maximum atomic E-state index is 12.6. The molecule has 22 heavy (non-hydrogen) atoms. The first-order valence-electron chi connectivity index (χ1n) is 8.44. The summed E-state index contributed by atoms with van der Waals surface area (Å²) in [6.45, 7) is 2.32. The fourth-order valence-electron chi connectivity index (χ4n) is 4.11. The molecular formula is C16H28ClN3O2. The van der Waals surface area contributed by atoms with Gasteiger partial charge in [-0.2, -0.15) is 0 Å². The SMILES string of the molecule is CNC1CCN(C(=O)C2CC(=O)N(C3CCCC3)C2)CC1.Cl. The smallest absolute Gasteiger partial charge is 0.227 e. The fraction of sp³-hybridized carbons (Fsp3) is 0.875. The number of nitrogens with one attached hydrogen (secondary N) is 1. The molecule has 1 atom stereocenters. The molecule has 1 N–H and O–H groups in total. The summed E-state index contributed by atoms with van der Waals surface area (Å²) in [6, 6.07) is 0.944. The second kappa shape index (κ2) is 7.64. The van der Waals surface area contributed by atoms with Crippen molar-refractivity contribution in [1.82, 2.24) is 15.1 Å². The van der Waals surface area contributed by atoms with Crippen LogP contribution in [0.3, 0.4) is 0 Å². The molecule has 0 aromatic heterocycles. The van der Waals surface area contributed by atoms with E-state index in [-0.39, 0.29) is 30.1 Å². The molecule has 0 aromatic carbocycles. The van der Waals surface area contributed by atoms with E-state index in [1.54, 1.807) is 0 Å². The van der Waals surface area contributed by atoms with Gasteiger partial charge in [-0.15, -0.1) is 12.4 Å². The number of piperidine rings is 1. The van der Waals surface area contributed by atoms with Crippen molar-refractivity contribution in [3.63, 3.8) is 0 Å². The van der Waals surface area contributed by atoms with Gasteiger partial charge >= 0.3 is 0 Å². The third-order valence-corrected chi connectivity index (χ3v) is 5.49. The van der Waals surface area contributed by atoms with Gasteiger partial charge in [0.05, 0.1) is 5.92 Å². The summed E-state index contributed by atoms with van der Waals surface area (Å²) in [7, 11) is 1.98. The van der Waals surface area contributed by atoms with Gasteiger partial charge in [0.15, 0.2) is 0 Å². The largest absolute Gasteiger partial charge is 0.342 e. The molecule has 6 heteroatoms. The van der Waals surface area contributed by atoms with Crippen molar-refractivity contribution in [3.8, 4) is 0 Å². The monoisotopic (exact) mass is 329 g/mol. The van der Waals surface area contributed by atoms with E-state index in [0.29, 0.717) is 25.0 Å². The number of nitrogens with zero attached hydrogens (tertiary/aromatic N) is 2.